The maximum Gasteiger partial charge on any atom is 0.294 e. The standard InChI is InChI=1S/C17H14ClN5O3S2/c1-10-4-2-3-5-12(10)20-16-21-22-17(28-16)27-9-15(24)19-13-7-6-11(18)8-14(13)23(25)26/h2-8H,9H2,1H3,(H,19,24)(H,20,21). The largest absolute Gasteiger partial charge is 0.330 e. The minimum absolute atomic E-state index is 0.0405. The summed E-state index contributed by atoms with van der Waals surface area (Å²) in [4.78, 5) is 22.6. The molecule has 3 rings (SSSR count). The summed E-state index contributed by atoms with van der Waals surface area (Å²) < 4.78 is 0.608. The third kappa shape index (κ3) is 5.18. The lowest BCUT2D eigenvalue weighted by Gasteiger charge is -2.05. The first kappa shape index (κ1) is 20.1. The van der Waals surface area contributed by atoms with Gasteiger partial charge < -0.3 is 10.6 Å². The maximum atomic E-state index is 12.1. The number of hydrogen-bond donors (Lipinski definition) is 2. The SMILES string of the molecule is Cc1ccccc1Nc1nnc(SCC(=O)Nc2ccc(Cl)cc2[N+](=O)[O-])s1. The molecule has 0 radical (unpaired) electrons. The van der Waals surface area contributed by atoms with E-state index in [1.54, 1.807) is 0 Å². The van der Waals surface area contributed by atoms with Gasteiger partial charge in [-0.05, 0) is 30.7 Å². The summed E-state index contributed by atoms with van der Waals surface area (Å²) in [7, 11) is 0. The number of anilines is 3. The molecule has 11 heteroatoms. The highest BCUT2D eigenvalue weighted by atomic mass is 35.5. The van der Waals surface area contributed by atoms with E-state index in [-0.39, 0.29) is 28.1 Å². The summed E-state index contributed by atoms with van der Waals surface area (Å²) in [5.41, 5.74) is 1.85. The van der Waals surface area contributed by atoms with Crippen molar-refractivity contribution in [2.24, 2.45) is 0 Å². The van der Waals surface area contributed by atoms with E-state index >= 15 is 0 Å². The molecule has 3 aromatic rings. The van der Waals surface area contributed by atoms with Crippen LogP contribution in [0.5, 0.6) is 0 Å². The normalized spacial score (nSPS) is 10.5. The average Bonchev–Trinajstić information content (AvgIpc) is 3.11. The molecule has 0 bridgehead atoms. The third-order valence-corrected chi connectivity index (χ3v) is 5.76. The first-order valence-electron chi connectivity index (χ1n) is 7.95. The molecular weight excluding hydrogens is 422 g/mol. The van der Waals surface area contributed by atoms with Crippen LogP contribution in [-0.4, -0.2) is 26.8 Å². The number of carbonyl (C=O) groups is 1. The van der Waals surface area contributed by atoms with Crippen LogP contribution in [0.4, 0.5) is 22.2 Å². The number of aromatic nitrogens is 2. The van der Waals surface area contributed by atoms with Crippen molar-refractivity contribution in [3.8, 4) is 0 Å². The molecule has 0 atom stereocenters. The van der Waals surface area contributed by atoms with Crippen LogP contribution in [0.1, 0.15) is 5.56 Å². The van der Waals surface area contributed by atoms with Crippen molar-refractivity contribution < 1.29 is 9.72 Å². The number of hydrogen-bond acceptors (Lipinski definition) is 8. The van der Waals surface area contributed by atoms with Gasteiger partial charge in [0.05, 0.1) is 10.7 Å². The van der Waals surface area contributed by atoms with E-state index in [0.29, 0.717) is 9.47 Å². The summed E-state index contributed by atoms with van der Waals surface area (Å²) in [5, 5.41) is 25.7. The number of thioether (sulfide) groups is 1. The Morgan fingerprint density at radius 1 is 1.25 bits per heavy atom. The number of halogens is 1. The second kappa shape index (κ2) is 9.00. The van der Waals surface area contributed by atoms with Crippen molar-refractivity contribution in [3.63, 3.8) is 0 Å². The fourth-order valence-corrected chi connectivity index (χ4v) is 3.95. The van der Waals surface area contributed by atoms with Crippen molar-refractivity contribution in [1.82, 2.24) is 10.2 Å². The predicted molar refractivity (Wildman–Crippen MR) is 112 cm³/mol. The van der Waals surface area contributed by atoms with Crippen LogP contribution < -0.4 is 10.6 Å². The van der Waals surface area contributed by atoms with Crippen molar-refractivity contribution >= 4 is 62.8 Å². The van der Waals surface area contributed by atoms with Gasteiger partial charge in [0.25, 0.3) is 5.69 Å². The second-order valence-electron chi connectivity index (χ2n) is 5.57. The highest BCUT2D eigenvalue weighted by Crippen LogP contribution is 2.30. The monoisotopic (exact) mass is 435 g/mol. The predicted octanol–water partition coefficient (Wildman–Crippen LogP) is 4.88. The van der Waals surface area contributed by atoms with Gasteiger partial charge in [0, 0.05) is 16.8 Å². The summed E-state index contributed by atoms with van der Waals surface area (Å²) >= 11 is 8.28. The number of para-hydroxylation sites is 1. The van der Waals surface area contributed by atoms with Crippen LogP contribution in [0, 0.1) is 17.0 Å². The van der Waals surface area contributed by atoms with Gasteiger partial charge in [0.2, 0.25) is 11.0 Å². The Bertz CT molecular complexity index is 1030. The summed E-state index contributed by atoms with van der Waals surface area (Å²) in [6, 6.07) is 11.9. The van der Waals surface area contributed by atoms with Crippen molar-refractivity contribution in [1.29, 1.82) is 0 Å². The van der Waals surface area contributed by atoms with Crippen LogP contribution in [-0.2, 0) is 4.79 Å². The number of nitro groups is 1. The molecule has 28 heavy (non-hydrogen) atoms. The van der Waals surface area contributed by atoms with E-state index in [4.69, 9.17) is 11.6 Å². The van der Waals surface area contributed by atoms with E-state index in [0.717, 1.165) is 11.3 Å². The first-order chi connectivity index (χ1) is 13.4. The third-order valence-electron chi connectivity index (χ3n) is 3.55. The molecule has 0 aliphatic carbocycles. The molecule has 1 heterocycles. The summed E-state index contributed by atoms with van der Waals surface area (Å²) in [5.74, 6) is -0.349. The van der Waals surface area contributed by atoms with Gasteiger partial charge in [-0.15, -0.1) is 10.2 Å². The molecule has 0 aliphatic heterocycles. The topological polar surface area (TPSA) is 110 Å². The lowest BCUT2D eigenvalue weighted by atomic mass is 10.2. The zero-order valence-corrected chi connectivity index (χ0v) is 16.9. The van der Waals surface area contributed by atoms with Crippen LogP contribution in [0.25, 0.3) is 0 Å². The molecule has 0 fully saturated rings. The Balaban J connectivity index is 1.58. The van der Waals surface area contributed by atoms with E-state index in [1.807, 2.05) is 31.2 Å². The number of nitrogens with zero attached hydrogens (tertiary/aromatic N) is 3. The molecule has 0 spiro atoms. The molecule has 0 saturated heterocycles. The number of benzene rings is 2. The van der Waals surface area contributed by atoms with Gasteiger partial charge in [-0.3, -0.25) is 14.9 Å². The fraction of sp³-hybridized carbons (Fsp3) is 0.118. The number of nitrogens with one attached hydrogen (secondary N) is 2. The fourth-order valence-electron chi connectivity index (χ4n) is 2.22. The van der Waals surface area contributed by atoms with Gasteiger partial charge in [-0.25, -0.2) is 0 Å². The van der Waals surface area contributed by atoms with Crippen LogP contribution in [0.3, 0.4) is 0 Å². The highest BCUT2D eigenvalue weighted by molar-refractivity contribution is 8.01. The van der Waals surface area contributed by atoms with Gasteiger partial charge >= 0.3 is 0 Å². The number of rotatable bonds is 7. The average molecular weight is 436 g/mol. The zero-order chi connectivity index (χ0) is 20.1. The number of amides is 1. The Morgan fingerprint density at radius 3 is 2.79 bits per heavy atom. The smallest absolute Gasteiger partial charge is 0.294 e. The minimum atomic E-state index is -0.594. The van der Waals surface area contributed by atoms with Gasteiger partial charge in [0.15, 0.2) is 4.34 Å². The molecule has 2 N–H and O–H groups in total. The quantitative estimate of drug-likeness (QED) is 0.309. The Kier molecular flexibility index (Phi) is 6.45. The second-order valence-corrected chi connectivity index (χ2v) is 8.20. The lowest BCUT2D eigenvalue weighted by Crippen LogP contribution is -2.15. The van der Waals surface area contributed by atoms with E-state index in [9.17, 15) is 14.9 Å². The van der Waals surface area contributed by atoms with Crippen molar-refractivity contribution in [2.45, 2.75) is 11.3 Å². The molecular formula is C17H14ClN5O3S2. The van der Waals surface area contributed by atoms with Gasteiger partial charge in [0.1, 0.15) is 5.69 Å². The molecule has 0 unspecified atom stereocenters. The number of aryl methyl sites for hydroxylation is 1. The van der Waals surface area contributed by atoms with E-state index < -0.39 is 4.92 Å². The Hall–Kier alpha value is -2.69. The number of carbonyl (C=O) groups excluding carboxylic acids is 1. The maximum absolute atomic E-state index is 12.1. The highest BCUT2D eigenvalue weighted by Gasteiger charge is 2.17. The Morgan fingerprint density at radius 2 is 2.04 bits per heavy atom. The minimum Gasteiger partial charge on any atom is -0.330 e. The molecule has 8 nitrogen and oxygen atoms in total. The zero-order valence-electron chi connectivity index (χ0n) is 14.5. The molecule has 0 aliphatic rings. The molecule has 1 amide bonds. The van der Waals surface area contributed by atoms with Crippen LogP contribution in [0.2, 0.25) is 5.02 Å². The van der Waals surface area contributed by atoms with E-state index in [1.165, 1.54) is 41.3 Å². The van der Waals surface area contributed by atoms with Gasteiger partial charge in [-0.1, -0.05) is 52.9 Å². The van der Waals surface area contributed by atoms with Crippen LogP contribution >= 0.6 is 34.7 Å². The van der Waals surface area contributed by atoms with Crippen molar-refractivity contribution in [2.75, 3.05) is 16.4 Å². The van der Waals surface area contributed by atoms with Crippen LogP contribution in [0.15, 0.2) is 46.8 Å². The molecule has 0 saturated carbocycles. The summed E-state index contributed by atoms with van der Waals surface area (Å²) in [6.45, 7) is 1.99. The molecule has 144 valence electrons. The summed E-state index contributed by atoms with van der Waals surface area (Å²) in [6.07, 6.45) is 0. The Labute approximate surface area is 173 Å². The van der Waals surface area contributed by atoms with E-state index in [2.05, 4.69) is 20.8 Å². The van der Waals surface area contributed by atoms with Gasteiger partial charge in [-0.2, -0.15) is 0 Å². The number of nitro benzene ring substituents is 1. The first-order valence-corrected chi connectivity index (χ1v) is 10.1. The van der Waals surface area contributed by atoms with Crippen molar-refractivity contribution in [3.05, 3.63) is 63.2 Å². The molecule has 2 aromatic carbocycles. The molecule has 1 aromatic heterocycles. The lowest BCUT2D eigenvalue weighted by molar-refractivity contribution is -0.383.